The van der Waals surface area contributed by atoms with Crippen LogP contribution in [0, 0.1) is 20.8 Å². The highest BCUT2D eigenvalue weighted by Gasteiger charge is 2.19. The quantitative estimate of drug-likeness (QED) is 0.854. The van der Waals surface area contributed by atoms with E-state index in [0.717, 1.165) is 22.7 Å². The molecule has 0 bridgehead atoms. The summed E-state index contributed by atoms with van der Waals surface area (Å²) in [6.07, 6.45) is 0. The van der Waals surface area contributed by atoms with Gasteiger partial charge in [-0.25, -0.2) is 4.98 Å². The van der Waals surface area contributed by atoms with Crippen LogP contribution in [0.25, 0.3) is 0 Å². The fourth-order valence-corrected chi connectivity index (χ4v) is 2.51. The average Bonchev–Trinajstić information content (AvgIpc) is 2.88. The Labute approximate surface area is 109 Å². The van der Waals surface area contributed by atoms with E-state index in [-0.39, 0.29) is 5.91 Å². The van der Waals surface area contributed by atoms with Crippen LogP contribution in [-0.2, 0) is 6.54 Å². The standard InChI is InChI=1S/C12H15N3O2S/c1-7-10(9(3)17-14-7)5-15(4)12(16)11-8(2)13-6-18-11/h6H,5H2,1-4H3. The Kier molecular flexibility index (Phi) is 3.47. The van der Waals surface area contributed by atoms with Crippen molar-refractivity contribution < 1.29 is 9.32 Å². The third-order valence-corrected chi connectivity index (χ3v) is 3.78. The molecule has 1 amide bonds. The molecule has 0 atom stereocenters. The maximum Gasteiger partial charge on any atom is 0.265 e. The van der Waals surface area contributed by atoms with E-state index in [1.165, 1.54) is 11.3 Å². The van der Waals surface area contributed by atoms with Gasteiger partial charge in [0.25, 0.3) is 5.91 Å². The minimum atomic E-state index is -0.0185. The van der Waals surface area contributed by atoms with Crippen LogP contribution in [0.15, 0.2) is 10.0 Å². The lowest BCUT2D eigenvalue weighted by Gasteiger charge is -2.16. The van der Waals surface area contributed by atoms with E-state index in [2.05, 4.69) is 10.1 Å². The second kappa shape index (κ2) is 4.89. The zero-order chi connectivity index (χ0) is 13.3. The first kappa shape index (κ1) is 12.8. The second-order valence-electron chi connectivity index (χ2n) is 4.23. The molecule has 96 valence electrons. The maximum absolute atomic E-state index is 12.2. The van der Waals surface area contributed by atoms with Crippen molar-refractivity contribution in [2.45, 2.75) is 27.3 Å². The average molecular weight is 265 g/mol. The lowest BCUT2D eigenvalue weighted by Crippen LogP contribution is -2.26. The first-order valence-corrected chi connectivity index (χ1v) is 6.46. The predicted octanol–water partition coefficient (Wildman–Crippen LogP) is 2.33. The Bertz CT molecular complexity index is 554. The number of carbonyl (C=O) groups excluding carboxylic acids is 1. The molecule has 0 aliphatic rings. The number of aromatic nitrogens is 2. The summed E-state index contributed by atoms with van der Waals surface area (Å²) in [6.45, 7) is 6.07. The molecule has 18 heavy (non-hydrogen) atoms. The summed E-state index contributed by atoms with van der Waals surface area (Å²) in [5.41, 5.74) is 4.25. The van der Waals surface area contributed by atoms with Gasteiger partial charge in [-0.1, -0.05) is 5.16 Å². The van der Waals surface area contributed by atoms with Crippen molar-refractivity contribution in [1.82, 2.24) is 15.0 Å². The highest BCUT2D eigenvalue weighted by molar-refractivity contribution is 7.11. The van der Waals surface area contributed by atoms with E-state index in [9.17, 15) is 4.79 Å². The molecule has 2 aromatic heterocycles. The predicted molar refractivity (Wildman–Crippen MR) is 68.6 cm³/mol. The normalized spacial score (nSPS) is 10.7. The number of carbonyl (C=O) groups is 1. The minimum absolute atomic E-state index is 0.0185. The van der Waals surface area contributed by atoms with Gasteiger partial charge in [0, 0.05) is 12.6 Å². The molecule has 0 aromatic carbocycles. The third-order valence-electron chi connectivity index (χ3n) is 2.86. The molecule has 6 heteroatoms. The second-order valence-corrected chi connectivity index (χ2v) is 5.09. The first-order valence-electron chi connectivity index (χ1n) is 5.58. The van der Waals surface area contributed by atoms with Crippen LogP contribution in [0.2, 0.25) is 0 Å². The topological polar surface area (TPSA) is 59.2 Å². The number of amides is 1. The van der Waals surface area contributed by atoms with Crippen molar-refractivity contribution in [3.63, 3.8) is 0 Å². The van der Waals surface area contributed by atoms with E-state index < -0.39 is 0 Å². The van der Waals surface area contributed by atoms with Crippen LogP contribution >= 0.6 is 11.3 Å². The van der Waals surface area contributed by atoms with Crippen molar-refractivity contribution in [1.29, 1.82) is 0 Å². The van der Waals surface area contributed by atoms with Crippen molar-refractivity contribution in [3.8, 4) is 0 Å². The fraction of sp³-hybridized carbons (Fsp3) is 0.417. The van der Waals surface area contributed by atoms with Crippen LogP contribution in [0.3, 0.4) is 0 Å². The van der Waals surface area contributed by atoms with Crippen LogP contribution in [-0.4, -0.2) is 28.0 Å². The van der Waals surface area contributed by atoms with Gasteiger partial charge in [-0.15, -0.1) is 11.3 Å². The Hall–Kier alpha value is -1.69. The number of rotatable bonds is 3. The van der Waals surface area contributed by atoms with E-state index in [4.69, 9.17) is 4.52 Å². The van der Waals surface area contributed by atoms with E-state index in [1.807, 2.05) is 20.8 Å². The van der Waals surface area contributed by atoms with E-state index in [0.29, 0.717) is 11.4 Å². The molecule has 0 aliphatic carbocycles. The Morgan fingerprint density at radius 2 is 2.11 bits per heavy atom. The molecule has 2 heterocycles. The summed E-state index contributed by atoms with van der Waals surface area (Å²) < 4.78 is 5.09. The van der Waals surface area contributed by atoms with Gasteiger partial charge in [0.2, 0.25) is 0 Å². The molecule has 0 radical (unpaired) electrons. The molecule has 0 fully saturated rings. The zero-order valence-electron chi connectivity index (χ0n) is 10.9. The molecule has 5 nitrogen and oxygen atoms in total. The Morgan fingerprint density at radius 1 is 1.39 bits per heavy atom. The molecule has 2 aromatic rings. The fourth-order valence-electron chi connectivity index (χ4n) is 1.72. The number of thiazole rings is 1. The van der Waals surface area contributed by atoms with Gasteiger partial charge in [0.05, 0.1) is 23.4 Å². The maximum atomic E-state index is 12.2. The molecule has 2 rings (SSSR count). The van der Waals surface area contributed by atoms with Gasteiger partial charge in [0.1, 0.15) is 10.6 Å². The highest BCUT2D eigenvalue weighted by atomic mass is 32.1. The number of nitrogens with zero attached hydrogens (tertiary/aromatic N) is 3. The summed E-state index contributed by atoms with van der Waals surface area (Å²) in [7, 11) is 1.77. The molecular formula is C12H15N3O2S. The molecule has 0 saturated heterocycles. The van der Waals surface area contributed by atoms with Crippen LogP contribution in [0.4, 0.5) is 0 Å². The van der Waals surface area contributed by atoms with Gasteiger partial charge < -0.3 is 9.42 Å². The number of hydrogen-bond donors (Lipinski definition) is 0. The highest BCUT2D eigenvalue weighted by Crippen LogP contribution is 2.18. The van der Waals surface area contributed by atoms with Crippen molar-refractivity contribution in [2.24, 2.45) is 0 Å². The van der Waals surface area contributed by atoms with Crippen LogP contribution in [0.1, 0.15) is 32.4 Å². The zero-order valence-corrected chi connectivity index (χ0v) is 11.7. The van der Waals surface area contributed by atoms with Gasteiger partial charge in [-0.3, -0.25) is 4.79 Å². The van der Waals surface area contributed by atoms with E-state index in [1.54, 1.807) is 17.5 Å². The molecule has 0 unspecified atom stereocenters. The summed E-state index contributed by atoms with van der Waals surface area (Å²) in [5, 5.41) is 3.89. The summed E-state index contributed by atoms with van der Waals surface area (Å²) >= 11 is 1.37. The third kappa shape index (κ3) is 2.28. The van der Waals surface area contributed by atoms with Gasteiger partial charge in [-0.05, 0) is 20.8 Å². The van der Waals surface area contributed by atoms with Crippen molar-refractivity contribution in [2.75, 3.05) is 7.05 Å². The van der Waals surface area contributed by atoms with Crippen molar-refractivity contribution in [3.05, 3.63) is 33.1 Å². The molecule has 0 spiro atoms. The SMILES string of the molecule is Cc1ncsc1C(=O)N(C)Cc1c(C)noc1C. The van der Waals surface area contributed by atoms with Crippen LogP contribution < -0.4 is 0 Å². The summed E-state index contributed by atoms with van der Waals surface area (Å²) in [5.74, 6) is 0.739. The van der Waals surface area contributed by atoms with Crippen LogP contribution in [0.5, 0.6) is 0 Å². The lowest BCUT2D eigenvalue weighted by molar-refractivity contribution is 0.0788. The number of hydrogen-bond acceptors (Lipinski definition) is 5. The molecular weight excluding hydrogens is 250 g/mol. The van der Waals surface area contributed by atoms with Gasteiger partial charge in [0.15, 0.2) is 0 Å². The van der Waals surface area contributed by atoms with E-state index >= 15 is 0 Å². The molecule has 0 N–H and O–H groups in total. The largest absolute Gasteiger partial charge is 0.361 e. The van der Waals surface area contributed by atoms with Gasteiger partial charge in [-0.2, -0.15) is 0 Å². The summed E-state index contributed by atoms with van der Waals surface area (Å²) in [6, 6.07) is 0. The van der Waals surface area contributed by atoms with Gasteiger partial charge >= 0.3 is 0 Å². The lowest BCUT2D eigenvalue weighted by atomic mass is 10.2. The Morgan fingerprint density at radius 3 is 2.61 bits per heavy atom. The van der Waals surface area contributed by atoms with Crippen molar-refractivity contribution >= 4 is 17.2 Å². The number of aryl methyl sites for hydroxylation is 3. The monoisotopic (exact) mass is 265 g/mol. The Balaban J connectivity index is 2.16. The molecule has 0 saturated carbocycles. The first-order chi connectivity index (χ1) is 8.50. The summed E-state index contributed by atoms with van der Waals surface area (Å²) in [4.78, 5) is 18.7. The minimum Gasteiger partial charge on any atom is -0.361 e. The smallest absolute Gasteiger partial charge is 0.265 e. The molecule has 0 aliphatic heterocycles.